The number of rotatable bonds is 8. The lowest BCUT2D eigenvalue weighted by molar-refractivity contribution is -0.123. The lowest BCUT2D eigenvalue weighted by Crippen LogP contribution is -2.50. The monoisotopic (exact) mass is 308 g/mol. The first-order valence-electron chi connectivity index (χ1n) is 8.95. The van der Waals surface area contributed by atoms with Crippen molar-refractivity contribution in [2.24, 2.45) is 11.8 Å². The molecule has 2 aliphatic rings. The number of nitrogens with one attached hydrogen (secondary N) is 1. The molecule has 4 nitrogen and oxygen atoms in total. The maximum atomic E-state index is 12.2. The zero-order chi connectivity index (χ0) is 15.8. The summed E-state index contributed by atoms with van der Waals surface area (Å²) in [6.07, 6.45) is 9.51. The lowest BCUT2D eigenvalue weighted by atomic mass is 9.93. The second-order valence-electron chi connectivity index (χ2n) is 6.76. The fourth-order valence-corrected chi connectivity index (χ4v) is 3.55. The molecule has 0 aromatic heterocycles. The van der Waals surface area contributed by atoms with Crippen molar-refractivity contribution in [3.8, 4) is 0 Å². The second kappa shape index (κ2) is 9.31. The average Bonchev–Trinajstić information content (AvgIpc) is 2.99. The summed E-state index contributed by atoms with van der Waals surface area (Å²) in [4.78, 5) is 14.7. The van der Waals surface area contributed by atoms with Crippen molar-refractivity contribution >= 4 is 5.91 Å². The molecule has 0 spiro atoms. The van der Waals surface area contributed by atoms with Crippen LogP contribution in [0.1, 0.15) is 46.0 Å². The Labute approximate surface area is 135 Å². The third-order valence-electron chi connectivity index (χ3n) is 4.86. The molecule has 0 saturated carbocycles. The summed E-state index contributed by atoms with van der Waals surface area (Å²) < 4.78 is 5.40. The average molecular weight is 308 g/mol. The minimum atomic E-state index is 0.234. The molecular weight excluding hydrogens is 276 g/mol. The molecule has 4 heteroatoms. The Balaban J connectivity index is 1.64. The first-order valence-corrected chi connectivity index (χ1v) is 8.95. The van der Waals surface area contributed by atoms with Gasteiger partial charge < -0.3 is 15.0 Å². The van der Waals surface area contributed by atoms with Crippen molar-refractivity contribution in [2.45, 2.75) is 52.0 Å². The summed E-state index contributed by atoms with van der Waals surface area (Å²) in [5.74, 6) is 1.23. The van der Waals surface area contributed by atoms with Crippen LogP contribution in [0.5, 0.6) is 0 Å². The first-order chi connectivity index (χ1) is 10.7. The van der Waals surface area contributed by atoms with Crippen LogP contribution in [0.25, 0.3) is 0 Å². The number of nitrogens with zero attached hydrogens (tertiary/aromatic N) is 1. The van der Waals surface area contributed by atoms with Crippen molar-refractivity contribution in [2.75, 3.05) is 32.8 Å². The van der Waals surface area contributed by atoms with E-state index in [4.69, 9.17) is 4.74 Å². The van der Waals surface area contributed by atoms with Gasteiger partial charge in [0.2, 0.25) is 5.91 Å². The standard InChI is InChI=1S/C18H32N2O2/c1-3-22-12-6-10-20-11-9-17(15(2)14-20)19-18(21)13-16-7-4-5-8-16/h4,7,15-17H,3,5-6,8-14H2,1-2H3,(H,19,21)/t15-,16+,17+/m1/s1. The Hall–Kier alpha value is -0.870. The summed E-state index contributed by atoms with van der Waals surface area (Å²) in [5.41, 5.74) is 0. The molecule has 1 aliphatic heterocycles. The van der Waals surface area contributed by atoms with Gasteiger partial charge in [-0.3, -0.25) is 4.79 Å². The van der Waals surface area contributed by atoms with Crippen molar-refractivity contribution in [1.29, 1.82) is 0 Å². The van der Waals surface area contributed by atoms with E-state index in [-0.39, 0.29) is 5.91 Å². The largest absolute Gasteiger partial charge is 0.382 e. The van der Waals surface area contributed by atoms with Gasteiger partial charge in [0.1, 0.15) is 0 Å². The smallest absolute Gasteiger partial charge is 0.220 e. The highest BCUT2D eigenvalue weighted by Crippen LogP contribution is 2.21. The number of ether oxygens (including phenoxy) is 1. The number of carbonyl (C=O) groups excluding carboxylic acids is 1. The molecule has 1 aliphatic carbocycles. The zero-order valence-electron chi connectivity index (χ0n) is 14.2. The fourth-order valence-electron chi connectivity index (χ4n) is 3.55. The minimum Gasteiger partial charge on any atom is -0.382 e. The molecule has 1 heterocycles. The van der Waals surface area contributed by atoms with Gasteiger partial charge in [0.15, 0.2) is 0 Å². The van der Waals surface area contributed by atoms with Gasteiger partial charge in [-0.25, -0.2) is 0 Å². The summed E-state index contributed by atoms with van der Waals surface area (Å²) in [6, 6.07) is 0.348. The van der Waals surface area contributed by atoms with E-state index >= 15 is 0 Å². The summed E-state index contributed by atoms with van der Waals surface area (Å²) in [7, 11) is 0. The van der Waals surface area contributed by atoms with Crippen LogP contribution in [0.4, 0.5) is 0 Å². The SMILES string of the molecule is CCOCCCN1CC[C@H](NC(=O)C[C@H]2C=CCC2)[C@H](C)C1. The highest BCUT2D eigenvalue weighted by molar-refractivity contribution is 5.76. The van der Waals surface area contributed by atoms with Gasteiger partial charge in [0.25, 0.3) is 0 Å². The number of carbonyl (C=O) groups is 1. The van der Waals surface area contributed by atoms with E-state index < -0.39 is 0 Å². The zero-order valence-corrected chi connectivity index (χ0v) is 14.2. The molecule has 0 radical (unpaired) electrons. The Morgan fingerprint density at radius 1 is 1.41 bits per heavy atom. The molecule has 0 aromatic rings. The van der Waals surface area contributed by atoms with Crippen LogP contribution in [0.15, 0.2) is 12.2 Å². The first kappa shape index (κ1) is 17.5. The number of hydrogen-bond acceptors (Lipinski definition) is 3. The minimum absolute atomic E-state index is 0.234. The Morgan fingerprint density at radius 3 is 2.95 bits per heavy atom. The number of hydrogen-bond donors (Lipinski definition) is 1. The summed E-state index contributed by atoms with van der Waals surface area (Å²) in [5, 5.41) is 3.27. The molecule has 0 aromatic carbocycles. The van der Waals surface area contributed by atoms with Gasteiger partial charge in [-0.2, -0.15) is 0 Å². The van der Waals surface area contributed by atoms with Gasteiger partial charge in [-0.1, -0.05) is 19.1 Å². The Bertz CT molecular complexity index is 370. The normalized spacial score (nSPS) is 28.9. The maximum Gasteiger partial charge on any atom is 0.220 e. The van der Waals surface area contributed by atoms with Gasteiger partial charge in [-0.15, -0.1) is 0 Å². The van der Waals surface area contributed by atoms with Gasteiger partial charge >= 0.3 is 0 Å². The van der Waals surface area contributed by atoms with Crippen molar-refractivity contribution in [1.82, 2.24) is 10.2 Å². The quantitative estimate of drug-likeness (QED) is 0.553. The molecule has 1 saturated heterocycles. The number of likely N-dealkylation sites (tertiary alicyclic amines) is 1. The lowest BCUT2D eigenvalue weighted by Gasteiger charge is -2.37. The number of amides is 1. The molecule has 126 valence electrons. The van der Waals surface area contributed by atoms with Crippen molar-refractivity contribution < 1.29 is 9.53 Å². The fraction of sp³-hybridized carbons (Fsp3) is 0.833. The van der Waals surface area contributed by atoms with Crippen molar-refractivity contribution in [3.05, 3.63) is 12.2 Å². The third kappa shape index (κ3) is 5.73. The third-order valence-corrected chi connectivity index (χ3v) is 4.86. The number of piperidine rings is 1. The number of allylic oxidation sites excluding steroid dienone is 2. The molecule has 0 bridgehead atoms. The van der Waals surface area contributed by atoms with E-state index in [1.165, 1.54) is 0 Å². The predicted molar refractivity (Wildman–Crippen MR) is 89.7 cm³/mol. The van der Waals surface area contributed by atoms with Crippen LogP contribution in [0.2, 0.25) is 0 Å². The molecule has 3 atom stereocenters. The van der Waals surface area contributed by atoms with E-state index in [0.29, 0.717) is 24.3 Å². The molecule has 0 unspecified atom stereocenters. The van der Waals surface area contributed by atoms with Crippen LogP contribution < -0.4 is 5.32 Å². The van der Waals surface area contributed by atoms with E-state index in [0.717, 1.165) is 58.5 Å². The van der Waals surface area contributed by atoms with Crippen LogP contribution in [-0.4, -0.2) is 49.7 Å². The summed E-state index contributed by atoms with van der Waals surface area (Å²) in [6.45, 7) is 9.24. The van der Waals surface area contributed by atoms with Gasteiger partial charge in [0, 0.05) is 45.3 Å². The Morgan fingerprint density at radius 2 is 2.27 bits per heavy atom. The molecule has 1 N–H and O–H groups in total. The van der Waals surface area contributed by atoms with E-state index in [2.05, 4.69) is 29.3 Å². The second-order valence-corrected chi connectivity index (χ2v) is 6.76. The van der Waals surface area contributed by atoms with Crippen molar-refractivity contribution in [3.63, 3.8) is 0 Å². The van der Waals surface area contributed by atoms with Crippen LogP contribution in [0.3, 0.4) is 0 Å². The van der Waals surface area contributed by atoms with Gasteiger partial charge in [0.05, 0.1) is 0 Å². The van der Waals surface area contributed by atoms with Gasteiger partial charge in [-0.05, 0) is 44.4 Å². The van der Waals surface area contributed by atoms with E-state index in [9.17, 15) is 4.79 Å². The van der Waals surface area contributed by atoms with Crippen LogP contribution in [-0.2, 0) is 9.53 Å². The molecule has 1 fully saturated rings. The molecular formula is C18H32N2O2. The molecule has 2 rings (SSSR count). The van der Waals surface area contributed by atoms with E-state index in [1.807, 2.05) is 6.92 Å². The van der Waals surface area contributed by atoms with Crippen LogP contribution >= 0.6 is 0 Å². The predicted octanol–water partition coefficient (Wildman–Crippen LogP) is 2.60. The molecule has 1 amide bonds. The molecule has 22 heavy (non-hydrogen) atoms. The highest BCUT2D eigenvalue weighted by atomic mass is 16.5. The van der Waals surface area contributed by atoms with E-state index in [1.54, 1.807) is 0 Å². The highest BCUT2D eigenvalue weighted by Gasteiger charge is 2.27. The maximum absolute atomic E-state index is 12.2. The topological polar surface area (TPSA) is 41.6 Å². The van der Waals surface area contributed by atoms with Crippen LogP contribution in [0, 0.1) is 11.8 Å². The summed E-state index contributed by atoms with van der Waals surface area (Å²) >= 11 is 0. The Kier molecular flexibility index (Phi) is 7.40.